The van der Waals surface area contributed by atoms with Gasteiger partial charge in [-0.25, -0.2) is 4.79 Å². The summed E-state index contributed by atoms with van der Waals surface area (Å²) >= 11 is 0. The van der Waals surface area contributed by atoms with Crippen LogP contribution in [0.2, 0.25) is 0 Å². The van der Waals surface area contributed by atoms with Crippen molar-refractivity contribution < 1.29 is 9.59 Å². The van der Waals surface area contributed by atoms with Gasteiger partial charge in [0.2, 0.25) is 5.91 Å². The maximum atomic E-state index is 12.4. The Labute approximate surface area is 149 Å². The Hall–Kier alpha value is -2.11. The van der Waals surface area contributed by atoms with Crippen LogP contribution in [-0.4, -0.2) is 52.9 Å². The molecule has 0 aliphatic carbocycles. The van der Waals surface area contributed by atoms with Crippen LogP contribution >= 0.6 is 0 Å². The molecule has 25 heavy (non-hydrogen) atoms. The molecule has 2 saturated heterocycles. The lowest BCUT2D eigenvalue weighted by molar-refractivity contribution is -0.131. The smallest absolute Gasteiger partial charge is 0.317 e. The van der Waals surface area contributed by atoms with E-state index in [2.05, 4.69) is 10.3 Å². The Morgan fingerprint density at radius 2 is 1.76 bits per heavy atom. The average molecular weight is 344 g/mol. The quantitative estimate of drug-likeness (QED) is 0.913. The average Bonchev–Trinajstić information content (AvgIpc) is 3.18. The van der Waals surface area contributed by atoms with Gasteiger partial charge in [-0.1, -0.05) is 0 Å². The number of carbonyl (C=O) groups is 2. The summed E-state index contributed by atoms with van der Waals surface area (Å²) in [6, 6.07) is 3.78. The molecule has 0 aromatic carbocycles. The Morgan fingerprint density at radius 3 is 2.40 bits per heavy atom. The first-order chi connectivity index (χ1) is 12.1. The zero-order valence-electron chi connectivity index (χ0n) is 15.0. The van der Waals surface area contributed by atoms with Crippen LogP contribution in [0.1, 0.15) is 50.6 Å². The minimum atomic E-state index is -0.0371. The molecule has 6 heteroatoms. The number of carbonyl (C=O) groups excluding carboxylic acids is 2. The monoisotopic (exact) mass is 344 g/mol. The van der Waals surface area contributed by atoms with Gasteiger partial charge in [-0.2, -0.15) is 0 Å². The van der Waals surface area contributed by atoms with Crippen LogP contribution in [0.25, 0.3) is 0 Å². The number of pyridine rings is 1. The second-order valence-corrected chi connectivity index (χ2v) is 7.17. The van der Waals surface area contributed by atoms with Crippen molar-refractivity contribution in [3.63, 3.8) is 0 Å². The number of nitrogens with zero attached hydrogens (tertiary/aromatic N) is 3. The molecule has 0 saturated carbocycles. The first kappa shape index (κ1) is 17.7. The Kier molecular flexibility index (Phi) is 5.89. The topological polar surface area (TPSA) is 65.5 Å². The number of nitrogens with one attached hydrogen (secondary N) is 1. The van der Waals surface area contributed by atoms with Crippen molar-refractivity contribution in [2.24, 2.45) is 5.92 Å². The number of likely N-dealkylation sites (tertiary alicyclic amines) is 2. The van der Waals surface area contributed by atoms with E-state index in [1.807, 2.05) is 28.9 Å². The van der Waals surface area contributed by atoms with Crippen LogP contribution < -0.4 is 5.32 Å². The molecule has 0 radical (unpaired) electrons. The van der Waals surface area contributed by atoms with Crippen LogP contribution in [0.4, 0.5) is 4.79 Å². The molecule has 1 aromatic heterocycles. The van der Waals surface area contributed by atoms with Crippen molar-refractivity contribution in [1.29, 1.82) is 0 Å². The van der Waals surface area contributed by atoms with Crippen LogP contribution in [-0.2, 0) is 4.79 Å². The standard InChI is InChI=1S/C19H28N4O2/c1-15(17-4-8-20-9-5-17)21-19(25)23-12-6-16(7-13-23)14-18(24)22-10-2-3-11-22/h4-5,8-9,15-16H,2-3,6-7,10-14H2,1H3,(H,21,25). The zero-order chi connectivity index (χ0) is 17.6. The van der Waals surface area contributed by atoms with E-state index in [4.69, 9.17) is 0 Å². The maximum Gasteiger partial charge on any atom is 0.317 e. The Morgan fingerprint density at radius 1 is 1.12 bits per heavy atom. The third-order valence-corrected chi connectivity index (χ3v) is 5.37. The minimum absolute atomic E-state index is 0.0198. The summed E-state index contributed by atoms with van der Waals surface area (Å²) in [6.07, 6.45) is 8.22. The third kappa shape index (κ3) is 4.71. The highest BCUT2D eigenvalue weighted by Gasteiger charge is 2.27. The molecule has 3 amide bonds. The molecule has 1 atom stereocenters. The largest absolute Gasteiger partial charge is 0.343 e. The van der Waals surface area contributed by atoms with Crippen LogP contribution in [0.15, 0.2) is 24.5 Å². The normalized spacial score (nSPS) is 19.7. The summed E-state index contributed by atoms with van der Waals surface area (Å²) in [7, 11) is 0. The fraction of sp³-hybridized carbons (Fsp3) is 0.632. The molecule has 1 unspecified atom stereocenters. The summed E-state index contributed by atoms with van der Waals surface area (Å²) in [5.41, 5.74) is 1.05. The molecule has 2 aliphatic heterocycles. The molecule has 3 heterocycles. The van der Waals surface area contributed by atoms with Crippen molar-refractivity contribution in [3.8, 4) is 0 Å². The lowest BCUT2D eigenvalue weighted by Gasteiger charge is -2.33. The molecular weight excluding hydrogens is 316 g/mol. The van der Waals surface area contributed by atoms with Crippen molar-refractivity contribution in [3.05, 3.63) is 30.1 Å². The van der Waals surface area contributed by atoms with Gasteiger partial charge in [-0.3, -0.25) is 9.78 Å². The van der Waals surface area contributed by atoms with Crippen molar-refractivity contribution in [2.45, 2.75) is 45.1 Å². The van der Waals surface area contributed by atoms with Gasteiger partial charge in [0.25, 0.3) is 0 Å². The number of rotatable bonds is 4. The minimum Gasteiger partial charge on any atom is -0.343 e. The zero-order valence-corrected chi connectivity index (χ0v) is 15.0. The molecule has 0 spiro atoms. The van der Waals surface area contributed by atoms with E-state index in [0.29, 0.717) is 18.2 Å². The van der Waals surface area contributed by atoms with Crippen molar-refractivity contribution in [1.82, 2.24) is 20.1 Å². The molecular formula is C19H28N4O2. The molecule has 3 rings (SSSR count). The maximum absolute atomic E-state index is 12.4. The van der Waals surface area contributed by atoms with E-state index >= 15 is 0 Å². The number of piperidine rings is 1. The lowest BCUT2D eigenvalue weighted by Crippen LogP contribution is -2.45. The summed E-state index contributed by atoms with van der Waals surface area (Å²) in [5.74, 6) is 0.710. The predicted octanol–water partition coefficient (Wildman–Crippen LogP) is 2.58. The van der Waals surface area contributed by atoms with Crippen LogP contribution in [0, 0.1) is 5.92 Å². The van der Waals surface area contributed by atoms with Gasteiger partial charge in [0.15, 0.2) is 0 Å². The van der Waals surface area contributed by atoms with Gasteiger partial charge in [0.1, 0.15) is 0 Å². The molecule has 2 fully saturated rings. The summed E-state index contributed by atoms with van der Waals surface area (Å²) < 4.78 is 0. The van der Waals surface area contributed by atoms with Gasteiger partial charge >= 0.3 is 6.03 Å². The highest BCUT2D eigenvalue weighted by atomic mass is 16.2. The number of aromatic nitrogens is 1. The van der Waals surface area contributed by atoms with E-state index < -0.39 is 0 Å². The van der Waals surface area contributed by atoms with E-state index in [-0.39, 0.29) is 12.1 Å². The molecule has 136 valence electrons. The molecule has 1 N–H and O–H groups in total. The second kappa shape index (κ2) is 8.32. The van der Waals surface area contributed by atoms with Crippen LogP contribution in [0.3, 0.4) is 0 Å². The van der Waals surface area contributed by atoms with Gasteiger partial charge < -0.3 is 15.1 Å². The first-order valence-corrected chi connectivity index (χ1v) is 9.36. The van der Waals surface area contributed by atoms with Gasteiger partial charge in [0, 0.05) is 45.0 Å². The molecule has 1 aromatic rings. The van der Waals surface area contributed by atoms with E-state index in [0.717, 1.165) is 57.4 Å². The lowest BCUT2D eigenvalue weighted by atomic mass is 9.93. The molecule has 0 bridgehead atoms. The third-order valence-electron chi connectivity index (χ3n) is 5.37. The van der Waals surface area contributed by atoms with Crippen molar-refractivity contribution >= 4 is 11.9 Å². The van der Waals surface area contributed by atoms with Gasteiger partial charge in [0.05, 0.1) is 6.04 Å². The highest BCUT2D eigenvalue weighted by molar-refractivity contribution is 5.77. The Bertz CT molecular complexity index is 578. The Balaban J connectivity index is 1.42. The number of hydrogen-bond acceptors (Lipinski definition) is 3. The number of urea groups is 1. The SMILES string of the molecule is CC(NC(=O)N1CCC(CC(=O)N2CCCC2)CC1)c1ccncc1. The van der Waals surface area contributed by atoms with Gasteiger partial charge in [-0.15, -0.1) is 0 Å². The van der Waals surface area contributed by atoms with Crippen molar-refractivity contribution in [2.75, 3.05) is 26.2 Å². The van der Waals surface area contributed by atoms with E-state index in [1.54, 1.807) is 12.4 Å². The fourth-order valence-corrected chi connectivity index (χ4v) is 3.69. The van der Waals surface area contributed by atoms with Crippen LogP contribution in [0.5, 0.6) is 0 Å². The fourth-order valence-electron chi connectivity index (χ4n) is 3.69. The summed E-state index contributed by atoms with van der Waals surface area (Å²) in [4.78, 5) is 32.6. The second-order valence-electron chi connectivity index (χ2n) is 7.17. The number of hydrogen-bond donors (Lipinski definition) is 1. The summed E-state index contributed by atoms with van der Waals surface area (Å²) in [6.45, 7) is 5.29. The first-order valence-electron chi connectivity index (χ1n) is 9.36. The highest BCUT2D eigenvalue weighted by Crippen LogP contribution is 2.23. The summed E-state index contributed by atoms with van der Waals surface area (Å²) in [5, 5.41) is 3.05. The van der Waals surface area contributed by atoms with E-state index in [9.17, 15) is 9.59 Å². The molecule has 2 aliphatic rings. The van der Waals surface area contributed by atoms with Gasteiger partial charge in [-0.05, 0) is 56.2 Å². The van der Waals surface area contributed by atoms with E-state index in [1.165, 1.54) is 0 Å². The number of amides is 3. The molecule has 6 nitrogen and oxygen atoms in total. The predicted molar refractivity (Wildman–Crippen MR) is 95.9 cm³/mol.